The van der Waals surface area contributed by atoms with Crippen LogP contribution in [-0.2, 0) is 6.54 Å². The summed E-state index contributed by atoms with van der Waals surface area (Å²) in [6.45, 7) is 3.12. The van der Waals surface area contributed by atoms with E-state index in [2.05, 4.69) is 25.1 Å². The van der Waals surface area contributed by atoms with Gasteiger partial charge in [-0.25, -0.2) is 4.98 Å². The molecule has 84 valence electrons. The maximum absolute atomic E-state index is 5.77. The van der Waals surface area contributed by atoms with Crippen molar-refractivity contribution in [3.63, 3.8) is 0 Å². The molecule has 1 aliphatic rings. The summed E-state index contributed by atoms with van der Waals surface area (Å²) in [5.74, 6) is 0.662. The zero-order chi connectivity index (χ0) is 11.0. The SMILES string of the molecule is Clc1cc2ncn(C[C@H]3CCNC3)c2nn1. The first kappa shape index (κ1) is 9.99. The molecule has 0 bridgehead atoms. The average Bonchev–Trinajstić information content (AvgIpc) is 2.89. The fourth-order valence-electron chi connectivity index (χ4n) is 2.12. The monoisotopic (exact) mass is 237 g/mol. The molecule has 2 aromatic rings. The number of halogens is 1. The van der Waals surface area contributed by atoms with Crippen molar-refractivity contribution in [2.45, 2.75) is 13.0 Å². The number of fused-ring (bicyclic) bond motifs is 1. The van der Waals surface area contributed by atoms with E-state index < -0.39 is 0 Å². The minimum absolute atomic E-state index is 0.389. The van der Waals surface area contributed by atoms with Crippen molar-refractivity contribution in [3.8, 4) is 0 Å². The van der Waals surface area contributed by atoms with Gasteiger partial charge in [0.25, 0.3) is 0 Å². The molecule has 6 heteroatoms. The molecular formula is C10H12ClN5. The van der Waals surface area contributed by atoms with Gasteiger partial charge in [0.1, 0.15) is 5.52 Å². The number of nitrogens with zero attached hydrogens (tertiary/aromatic N) is 4. The lowest BCUT2D eigenvalue weighted by molar-refractivity contribution is 0.487. The second-order valence-corrected chi connectivity index (χ2v) is 4.52. The summed E-state index contributed by atoms with van der Waals surface area (Å²) < 4.78 is 2.05. The predicted molar refractivity (Wildman–Crippen MR) is 61.3 cm³/mol. The van der Waals surface area contributed by atoms with Gasteiger partial charge in [-0.15, -0.1) is 10.2 Å². The first-order valence-electron chi connectivity index (χ1n) is 5.38. The van der Waals surface area contributed by atoms with Gasteiger partial charge >= 0.3 is 0 Å². The molecular weight excluding hydrogens is 226 g/mol. The largest absolute Gasteiger partial charge is 0.316 e. The summed E-state index contributed by atoms with van der Waals surface area (Å²) in [4.78, 5) is 4.28. The van der Waals surface area contributed by atoms with Crippen LogP contribution in [0.2, 0.25) is 5.15 Å². The number of imidazole rings is 1. The summed E-state index contributed by atoms with van der Waals surface area (Å²) in [5.41, 5.74) is 1.63. The average molecular weight is 238 g/mol. The highest BCUT2D eigenvalue weighted by atomic mass is 35.5. The van der Waals surface area contributed by atoms with E-state index in [-0.39, 0.29) is 0 Å². The summed E-state index contributed by atoms with van der Waals surface area (Å²) in [6, 6.07) is 1.74. The lowest BCUT2D eigenvalue weighted by Gasteiger charge is -2.08. The van der Waals surface area contributed by atoms with Gasteiger partial charge in [0.15, 0.2) is 10.8 Å². The van der Waals surface area contributed by atoms with Gasteiger partial charge in [0.05, 0.1) is 6.33 Å². The zero-order valence-electron chi connectivity index (χ0n) is 8.73. The van der Waals surface area contributed by atoms with E-state index in [1.165, 1.54) is 6.42 Å². The summed E-state index contributed by atoms with van der Waals surface area (Å²) in [6.07, 6.45) is 3.02. The van der Waals surface area contributed by atoms with Crippen LogP contribution in [0.5, 0.6) is 0 Å². The second-order valence-electron chi connectivity index (χ2n) is 4.13. The molecule has 0 aromatic carbocycles. The van der Waals surface area contributed by atoms with Gasteiger partial charge in [-0.2, -0.15) is 0 Å². The van der Waals surface area contributed by atoms with Crippen LogP contribution >= 0.6 is 11.6 Å². The predicted octanol–water partition coefficient (Wildman–Crippen LogP) is 1.09. The van der Waals surface area contributed by atoms with Crippen molar-refractivity contribution >= 4 is 22.8 Å². The van der Waals surface area contributed by atoms with Crippen LogP contribution in [0.1, 0.15) is 6.42 Å². The molecule has 0 spiro atoms. The third-order valence-corrected chi connectivity index (χ3v) is 3.14. The Labute approximate surface area is 97.8 Å². The van der Waals surface area contributed by atoms with Gasteiger partial charge in [-0.3, -0.25) is 0 Å². The van der Waals surface area contributed by atoms with Crippen LogP contribution in [0.4, 0.5) is 0 Å². The quantitative estimate of drug-likeness (QED) is 0.850. The van der Waals surface area contributed by atoms with Gasteiger partial charge in [-0.05, 0) is 25.4 Å². The molecule has 1 fully saturated rings. The third kappa shape index (κ3) is 1.76. The molecule has 1 N–H and O–H groups in total. The van der Waals surface area contributed by atoms with E-state index in [1.807, 2.05) is 6.33 Å². The van der Waals surface area contributed by atoms with E-state index in [1.54, 1.807) is 6.07 Å². The lowest BCUT2D eigenvalue weighted by Crippen LogP contribution is -2.14. The number of nitrogens with one attached hydrogen (secondary N) is 1. The Kier molecular flexibility index (Phi) is 2.49. The third-order valence-electron chi connectivity index (χ3n) is 2.95. The van der Waals surface area contributed by atoms with Crippen molar-refractivity contribution in [2.24, 2.45) is 5.92 Å². The highest BCUT2D eigenvalue weighted by molar-refractivity contribution is 6.29. The minimum atomic E-state index is 0.389. The Balaban J connectivity index is 1.91. The van der Waals surface area contributed by atoms with Crippen LogP contribution in [0, 0.1) is 5.92 Å². The number of rotatable bonds is 2. The van der Waals surface area contributed by atoms with Crippen LogP contribution in [0.15, 0.2) is 12.4 Å². The molecule has 1 atom stereocenters. The van der Waals surface area contributed by atoms with Gasteiger partial charge < -0.3 is 9.88 Å². The van der Waals surface area contributed by atoms with Gasteiger partial charge in [0, 0.05) is 12.6 Å². The highest BCUT2D eigenvalue weighted by Crippen LogP contribution is 2.16. The van der Waals surface area contributed by atoms with Gasteiger partial charge in [-0.1, -0.05) is 11.6 Å². The van der Waals surface area contributed by atoms with Crippen LogP contribution in [-0.4, -0.2) is 32.8 Å². The van der Waals surface area contributed by atoms with Crippen LogP contribution in [0.3, 0.4) is 0 Å². The molecule has 0 unspecified atom stereocenters. The van der Waals surface area contributed by atoms with E-state index in [0.717, 1.165) is 30.8 Å². The van der Waals surface area contributed by atoms with E-state index in [4.69, 9.17) is 11.6 Å². The first-order valence-corrected chi connectivity index (χ1v) is 5.75. The maximum Gasteiger partial charge on any atom is 0.182 e. The van der Waals surface area contributed by atoms with Crippen molar-refractivity contribution < 1.29 is 0 Å². The molecule has 0 amide bonds. The first-order chi connectivity index (χ1) is 7.83. The van der Waals surface area contributed by atoms with Crippen molar-refractivity contribution in [1.82, 2.24) is 25.1 Å². The Morgan fingerprint density at radius 2 is 2.44 bits per heavy atom. The fourth-order valence-corrected chi connectivity index (χ4v) is 2.26. The summed E-state index contributed by atoms with van der Waals surface area (Å²) >= 11 is 5.77. The zero-order valence-corrected chi connectivity index (χ0v) is 9.48. The molecule has 1 saturated heterocycles. The number of aromatic nitrogens is 4. The summed E-state index contributed by atoms with van der Waals surface area (Å²) in [7, 11) is 0. The molecule has 0 saturated carbocycles. The molecule has 2 aromatic heterocycles. The molecule has 0 aliphatic carbocycles. The molecule has 3 rings (SSSR count). The Morgan fingerprint density at radius 3 is 3.25 bits per heavy atom. The minimum Gasteiger partial charge on any atom is -0.316 e. The molecule has 3 heterocycles. The second kappa shape index (κ2) is 3.99. The maximum atomic E-state index is 5.77. The normalized spacial score (nSPS) is 20.7. The van der Waals surface area contributed by atoms with Crippen molar-refractivity contribution in [1.29, 1.82) is 0 Å². The lowest BCUT2D eigenvalue weighted by atomic mass is 10.1. The smallest absolute Gasteiger partial charge is 0.182 e. The topological polar surface area (TPSA) is 55.6 Å². The number of hydrogen-bond donors (Lipinski definition) is 1. The van der Waals surface area contributed by atoms with Crippen LogP contribution in [0.25, 0.3) is 11.2 Å². The number of hydrogen-bond acceptors (Lipinski definition) is 4. The van der Waals surface area contributed by atoms with Crippen molar-refractivity contribution in [3.05, 3.63) is 17.5 Å². The Morgan fingerprint density at radius 1 is 1.50 bits per heavy atom. The van der Waals surface area contributed by atoms with Crippen molar-refractivity contribution in [2.75, 3.05) is 13.1 Å². The Hall–Kier alpha value is -1.20. The van der Waals surface area contributed by atoms with E-state index >= 15 is 0 Å². The fraction of sp³-hybridized carbons (Fsp3) is 0.500. The standard InChI is InChI=1S/C10H12ClN5/c11-9-3-8-10(15-14-9)16(6-13-8)5-7-1-2-12-4-7/h3,6-7,12H,1-2,4-5H2/t7-/m0/s1. The highest BCUT2D eigenvalue weighted by Gasteiger charge is 2.16. The molecule has 16 heavy (non-hydrogen) atoms. The van der Waals surface area contributed by atoms with Gasteiger partial charge in [0.2, 0.25) is 0 Å². The molecule has 5 nitrogen and oxygen atoms in total. The molecule has 0 radical (unpaired) electrons. The summed E-state index contributed by atoms with van der Waals surface area (Å²) in [5, 5.41) is 11.7. The molecule has 1 aliphatic heterocycles. The van der Waals surface area contributed by atoms with E-state index in [9.17, 15) is 0 Å². The van der Waals surface area contributed by atoms with Crippen LogP contribution < -0.4 is 5.32 Å². The van der Waals surface area contributed by atoms with E-state index in [0.29, 0.717) is 11.1 Å². The Bertz CT molecular complexity index is 503.